The fourth-order valence-electron chi connectivity index (χ4n) is 4.74. The predicted octanol–water partition coefficient (Wildman–Crippen LogP) is 3.53. The zero-order valence-corrected chi connectivity index (χ0v) is 16.7. The molecule has 3 aliphatic rings. The molecule has 2 aliphatic carbocycles. The lowest BCUT2D eigenvalue weighted by Crippen LogP contribution is -2.59. The molecule has 0 spiro atoms. The number of fused-ring (bicyclic) bond motifs is 1. The van der Waals surface area contributed by atoms with Crippen LogP contribution < -0.4 is 5.32 Å². The molecule has 2 saturated carbocycles. The number of nitriles is 1. The van der Waals surface area contributed by atoms with Crippen LogP contribution in [0.3, 0.4) is 0 Å². The van der Waals surface area contributed by atoms with Gasteiger partial charge in [0.2, 0.25) is 5.91 Å². The zero-order valence-electron chi connectivity index (χ0n) is 16.7. The Bertz CT molecular complexity index is 655. The number of amides is 2. The van der Waals surface area contributed by atoms with Crippen LogP contribution in [0.2, 0.25) is 0 Å². The molecule has 1 heterocycles. The topological polar surface area (TPSA) is 82.4 Å². The fourth-order valence-corrected chi connectivity index (χ4v) is 4.74. The summed E-state index contributed by atoms with van der Waals surface area (Å²) in [7, 11) is 0. The molecule has 3 rings (SSSR count). The summed E-state index contributed by atoms with van der Waals surface area (Å²) in [4.78, 5) is 27.8. The highest BCUT2D eigenvalue weighted by Gasteiger charge is 2.57. The number of hydrogen-bond donors (Lipinski definition) is 1. The lowest BCUT2D eigenvalue weighted by Gasteiger charge is -2.42. The average Bonchev–Trinajstić information content (AvgIpc) is 3.28. The smallest absolute Gasteiger partial charge is 0.408 e. The minimum atomic E-state index is -0.736. The monoisotopic (exact) mass is 373 g/mol. The van der Waals surface area contributed by atoms with Crippen LogP contribution >= 0.6 is 0 Å². The highest BCUT2D eigenvalue weighted by Crippen LogP contribution is 2.49. The summed E-state index contributed by atoms with van der Waals surface area (Å²) in [5.74, 6) is 0.283. The molecule has 3 fully saturated rings. The number of likely N-dealkylation sites (tertiary alicyclic amines) is 1. The van der Waals surface area contributed by atoms with Gasteiger partial charge in [-0.3, -0.25) is 4.79 Å². The van der Waals surface area contributed by atoms with Crippen LogP contribution in [0.15, 0.2) is 12.7 Å². The highest BCUT2D eigenvalue weighted by atomic mass is 16.6. The number of carbonyl (C=O) groups excluding carboxylic acids is 2. The Morgan fingerprint density at radius 1 is 1.30 bits per heavy atom. The van der Waals surface area contributed by atoms with Crippen LogP contribution in [0.5, 0.6) is 0 Å². The van der Waals surface area contributed by atoms with Gasteiger partial charge >= 0.3 is 6.09 Å². The van der Waals surface area contributed by atoms with E-state index in [1.807, 2.05) is 6.08 Å². The maximum absolute atomic E-state index is 13.6. The van der Waals surface area contributed by atoms with Gasteiger partial charge in [0.1, 0.15) is 17.7 Å². The number of hydrogen-bond acceptors (Lipinski definition) is 4. The minimum Gasteiger partial charge on any atom is -0.444 e. The molecule has 0 aromatic heterocycles. The molecule has 0 aromatic rings. The van der Waals surface area contributed by atoms with Crippen molar-refractivity contribution in [3.05, 3.63) is 12.7 Å². The number of nitrogens with zero attached hydrogens (tertiary/aromatic N) is 2. The third-order valence-electron chi connectivity index (χ3n) is 6.18. The molecule has 0 unspecified atom stereocenters. The number of ether oxygens (including phenoxy) is 1. The third-order valence-corrected chi connectivity index (χ3v) is 6.18. The molecule has 1 saturated heterocycles. The fraction of sp³-hybridized carbons (Fsp3) is 0.762. The Labute approximate surface area is 161 Å². The molecule has 1 N–H and O–H groups in total. The summed E-state index contributed by atoms with van der Waals surface area (Å²) in [6.07, 6.45) is 7.69. The first kappa shape index (κ1) is 19.7. The number of alkyl carbamates (subject to hydrolysis) is 1. The third kappa shape index (κ3) is 3.97. The van der Waals surface area contributed by atoms with Crippen LogP contribution in [0.1, 0.15) is 65.7 Å². The van der Waals surface area contributed by atoms with E-state index in [1.54, 1.807) is 25.7 Å². The van der Waals surface area contributed by atoms with Crippen molar-refractivity contribution < 1.29 is 14.3 Å². The Hall–Kier alpha value is -2.03. The van der Waals surface area contributed by atoms with Gasteiger partial charge in [0.05, 0.1) is 6.07 Å². The van der Waals surface area contributed by atoms with E-state index < -0.39 is 29.2 Å². The zero-order chi connectivity index (χ0) is 19.8. The van der Waals surface area contributed by atoms with Gasteiger partial charge in [0.25, 0.3) is 0 Å². The molecule has 0 aromatic carbocycles. The Morgan fingerprint density at radius 3 is 2.52 bits per heavy atom. The molecule has 4 atom stereocenters. The van der Waals surface area contributed by atoms with E-state index in [0.717, 1.165) is 44.9 Å². The molecule has 0 bridgehead atoms. The normalized spacial score (nSPS) is 29.9. The largest absolute Gasteiger partial charge is 0.444 e. The van der Waals surface area contributed by atoms with E-state index in [4.69, 9.17) is 4.74 Å². The molecule has 6 heteroatoms. The van der Waals surface area contributed by atoms with Crippen LogP contribution in [0, 0.1) is 22.7 Å². The summed E-state index contributed by atoms with van der Waals surface area (Å²) in [5, 5.41) is 12.4. The molecular formula is C21H31N3O3. The first-order valence-electron chi connectivity index (χ1n) is 10.1. The van der Waals surface area contributed by atoms with Crippen molar-refractivity contribution in [2.24, 2.45) is 11.3 Å². The Kier molecular flexibility index (Phi) is 5.24. The SMILES string of the molecule is C=CC1([C@H](NC(=O)OC(C)(C)C)C(=O)N2[C@H](C#N)C[C@@H]3C[C@@H]32)CCCCC1. The van der Waals surface area contributed by atoms with E-state index in [-0.39, 0.29) is 11.9 Å². The second kappa shape index (κ2) is 7.18. The first-order valence-corrected chi connectivity index (χ1v) is 10.1. The van der Waals surface area contributed by atoms with E-state index in [0.29, 0.717) is 5.92 Å². The summed E-state index contributed by atoms with van der Waals surface area (Å²) >= 11 is 0. The van der Waals surface area contributed by atoms with Crippen molar-refractivity contribution in [3.8, 4) is 6.07 Å². The molecule has 1 aliphatic heterocycles. The van der Waals surface area contributed by atoms with Gasteiger partial charge in [0, 0.05) is 11.5 Å². The summed E-state index contributed by atoms with van der Waals surface area (Å²) < 4.78 is 5.43. The van der Waals surface area contributed by atoms with Gasteiger partial charge < -0.3 is 15.0 Å². The molecular weight excluding hydrogens is 342 g/mol. The Morgan fingerprint density at radius 2 is 1.96 bits per heavy atom. The Balaban J connectivity index is 1.87. The second-order valence-electron chi connectivity index (χ2n) is 9.27. The van der Waals surface area contributed by atoms with E-state index in [2.05, 4.69) is 18.0 Å². The van der Waals surface area contributed by atoms with Gasteiger partial charge in [0.15, 0.2) is 0 Å². The summed E-state index contributed by atoms with van der Waals surface area (Å²) in [6, 6.07) is 1.29. The van der Waals surface area contributed by atoms with Crippen molar-refractivity contribution in [1.82, 2.24) is 10.2 Å². The van der Waals surface area contributed by atoms with Gasteiger partial charge in [-0.15, -0.1) is 6.58 Å². The first-order chi connectivity index (χ1) is 12.7. The maximum Gasteiger partial charge on any atom is 0.408 e. The van der Waals surface area contributed by atoms with Gasteiger partial charge in [-0.1, -0.05) is 25.3 Å². The van der Waals surface area contributed by atoms with Crippen LogP contribution in [-0.2, 0) is 9.53 Å². The minimum absolute atomic E-state index is 0.149. The maximum atomic E-state index is 13.6. The van der Waals surface area contributed by atoms with Crippen LogP contribution in [-0.4, -0.2) is 40.6 Å². The standard InChI is InChI=1S/C21H31N3O3/c1-5-21(9-7-6-8-10-21)17(23-19(26)27-20(2,3)4)18(25)24-15(13-22)11-14-12-16(14)24/h5,14-17H,1,6-12H2,2-4H3,(H,23,26)/t14-,15+,16+,17-/m1/s1. The number of carbonyl (C=O) groups is 2. The lowest BCUT2D eigenvalue weighted by atomic mass is 9.68. The van der Waals surface area contributed by atoms with Crippen molar-refractivity contribution in [3.63, 3.8) is 0 Å². The molecule has 6 nitrogen and oxygen atoms in total. The van der Waals surface area contributed by atoms with Gasteiger partial charge in [-0.25, -0.2) is 4.79 Å². The summed E-state index contributed by atoms with van der Waals surface area (Å²) in [5.41, 5.74) is -1.13. The van der Waals surface area contributed by atoms with Crippen molar-refractivity contribution in [2.75, 3.05) is 0 Å². The van der Waals surface area contributed by atoms with E-state index in [1.165, 1.54) is 0 Å². The second-order valence-corrected chi connectivity index (χ2v) is 9.27. The van der Waals surface area contributed by atoms with Crippen LogP contribution in [0.4, 0.5) is 4.79 Å². The van der Waals surface area contributed by atoms with E-state index in [9.17, 15) is 14.9 Å². The molecule has 0 radical (unpaired) electrons. The highest BCUT2D eigenvalue weighted by molar-refractivity contribution is 5.88. The van der Waals surface area contributed by atoms with Crippen molar-refractivity contribution in [2.45, 2.75) is 89.4 Å². The van der Waals surface area contributed by atoms with Gasteiger partial charge in [-0.2, -0.15) is 5.26 Å². The number of piperidine rings is 1. The van der Waals surface area contributed by atoms with Gasteiger partial charge in [-0.05, 0) is 52.4 Å². The predicted molar refractivity (Wildman–Crippen MR) is 102 cm³/mol. The molecule has 2 amide bonds. The number of nitrogens with one attached hydrogen (secondary N) is 1. The number of rotatable bonds is 4. The van der Waals surface area contributed by atoms with Crippen LogP contribution in [0.25, 0.3) is 0 Å². The average molecular weight is 373 g/mol. The molecule has 27 heavy (non-hydrogen) atoms. The van der Waals surface area contributed by atoms with Crippen molar-refractivity contribution >= 4 is 12.0 Å². The quantitative estimate of drug-likeness (QED) is 0.764. The van der Waals surface area contributed by atoms with E-state index >= 15 is 0 Å². The van der Waals surface area contributed by atoms with Crippen molar-refractivity contribution in [1.29, 1.82) is 5.26 Å². The molecule has 148 valence electrons. The lowest BCUT2D eigenvalue weighted by molar-refractivity contribution is -0.137. The summed E-state index contributed by atoms with van der Waals surface area (Å²) in [6.45, 7) is 9.41.